The maximum atomic E-state index is 13.0. The van der Waals surface area contributed by atoms with Gasteiger partial charge in [-0.25, -0.2) is 0 Å². The monoisotopic (exact) mass is 421 g/mol. The molecule has 0 unspecified atom stereocenters. The average molecular weight is 421 g/mol. The Labute approximate surface area is 179 Å². The van der Waals surface area contributed by atoms with Crippen LogP contribution in [-0.4, -0.2) is 56.2 Å². The van der Waals surface area contributed by atoms with E-state index in [0.29, 0.717) is 36.5 Å². The number of benzene rings is 2. The maximum absolute atomic E-state index is 13.0. The first kappa shape index (κ1) is 22.0. The molecule has 0 radical (unpaired) electrons. The van der Waals surface area contributed by atoms with Crippen molar-refractivity contribution in [2.45, 2.75) is 0 Å². The van der Waals surface area contributed by atoms with Crippen LogP contribution in [0.1, 0.15) is 10.4 Å². The van der Waals surface area contributed by atoms with Gasteiger partial charge in [0.05, 0.1) is 37.7 Å². The first-order valence-corrected chi connectivity index (χ1v) is 9.87. The van der Waals surface area contributed by atoms with Crippen molar-refractivity contribution < 1.29 is 19.1 Å². The summed E-state index contributed by atoms with van der Waals surface area (Å²) in [5.74, 6) is -1.28. The highest BCUT2D eigenvalue weighted by molar-refractivity contribution is 6.46. The van der Waals surface area contributed by atoms with Crippen LogP contribution >= 0.6 is 0 Å². The van der Waals surface area contributed by atoms with Gasteiger partial charge in [-0.3, -0.25) is 9.59 Å². The number of carbonyl (C=O) groups is 2. The third kappa shape index (κ3) is 5.93. The zero-order chi connectivity index (χ0) is 21.9. The van der Waals surface area contributed by atoms with Gasteiger partial charge in [0.15, 0.2) is 0 Å². The molecule has 3 rings (SSSR count). The van der Waals surface area contributed by atoms with Gasteiger partial charge in [-0.05, 0) is 17.2 Å². The standard InChI is InChI=1S/C22H23N5O4/c23-27-25-11-13-31-15-14-30-12-10-24-22(29)21(28)19-17-8-4-5-9-18(17)26-20(19)16-6-2-1-3-7-16/h1-9,26H,10-15H2,(H,24,29). The second kappa shape index (κ2) is 11.5. The summed E-state index contributed by atoms with van der Waals surface area (Å²) < 4.78 is 10.6. The van der Waals surface area contributed by atoms with E-state index < -0.39 is 11.7 Å². The lowest BCUT2D eigenvalue weighted by Gasteiger charge is -2.07. The van der Waals surface area contributed by atoms with Crippen LogP contribution in [0.2, 0.25) is 0 Å². The summed E-state index contributed by atoms with van der Waals surface area (Å²) in [5.41, 5.74) is 10.8. The maximum Gasteiger partial charge on any atom is 0.292 e. The fourth-order valence-corrected chi connectivity index (χ4v) is 3.10. The van der Waals surface area contributed by atoms with Crippen molar-refractivity contribution >= 4 is 22.6 Å². The normalized spacial score (nSPS) is 10.6. The van der Waals surface area contributed by atoms with E-state index in [9.17, 15) is 9.59 Å². The third-order valence-corrected chi connectivity index (χ3v) is 4.50. The van der Waals surface area contributed by atoms with Gasteiger partial charge in [0.25, 0.3) is 11.7 Å². The summed E-state index contributed by atoms with van der Waals surface area (Å²) >= 11 is 0. The fraction of sp³-hybridized carbons (Fsp3) is 0.273. The van der Waals surface area contributed by atoms with Crippen LogP contribution in [0.4, 0.5) is 0 Å². The molecule has 0 atom stereocenters. The van der Waals surface area contributed by atoms with Gasteiger partial charge in [-0.2, -0.15) is 0 Å². The Kier molecular flexibility index (Phi) is 8.19. The van der Waals surface area contributed by atoms with Gasteiger partial charge in [0, 0.05) is 28.9 Å². The Hall–Kier alpha value is -3.65. The van der Waals surface area contributed by atoms with Gasteiger partial charge in [0.2, 0.25) is 0 Å². The predicted molar refractivity (Wildman–Crippen MR) is 117 cm³/mol. The minimum Gasteiger partial charge on any atom is -0.379 e. The van der Waals surface area contributed by atoms with Crippen molar-refractivity contribution in [3.05, 3.63) is 70.6 Å². The zero-order valence-electron chi connectivity index (χ0n) is 16.9. The SMILES string of the molecule is [N-]=[N+]=NCCOCCOCCNC(=O)C(=O)c1c(-c2ccccc2)[nH]c2ccccc12. The van der Waals surface area contributed by atoms with Crippen molar-refractivity contribution in [3.8, 4) is 11.3 Å². The number of hydrogen-bond acceptors (Lipinski definition) is 5. The van der Waals surface area contributed by atoms with Crippen molar-refractivity contribution in [3.63, 3.8) is 0 Å². The lowest BCUT2D eigenvalue weighted by molar-refractivity contribution is -0.117. The number of rotatable bonds is 12. The number of H-pyrrole nitrogens is 1. The molecular weight excluding hydrogens is 398 g/mol. The summed E-state index contributed by atoms with van der Waals surface area (Å²) in [6.07, 6.45) is 0. The minimum absolute atomic E-state index is 0.201. The number of amides is 1. The number of nitrogens with zero attached hydrogens (tertiary/aromatic N) is 3. The summed E-state index contributed by atoms with van der Waals surface area (Å²) in [6, 6.07) is 16.8. The molecule has 0 spiro atoms. The number of carbonyl (C=O) groups excluding carboxylic acids is 2. The highest BCUT2D eigenvalue weighted by Gasteiger charge is 2.24. The van der Waals surface area contributed by atoms with Crippen molar-refractivity contribution in [2.75, 3.05) is 39.5 Å². The van der Waals surface area contributed by atoms with E-state index in [1.165, 1.54) is 0 Å². The molecule has 9 nitrogen and oxygen atoms in total. The van der Waals surface area contributed by atoms with Crippen LogP contribution in [0, 0.1) is 0 Å². The molecule has 3 aromatic rings. The molecule has 0 saturated heterocycles. The van der Waals surface area contributed by atoms with Crippen LogP contribution in [0.25, 0.3) is 32.6 Å². The van der Waals surface area contributed by atoms with Crippen LogP contribution < -0.4 is 5.32 Å². The fourth-order valence-electron chi connectivity index (χ4n) is 3.10. The Bertz CT molecular complexity index is 1070. The van der Waals surface area contributed by atoms with E-state index in [1.807, 2.05) is 54.6 Å². The van der Waals surface area contributed by atoms with Gasteiger partial charge < -0.3 is 19.8 Å². The van der Waals surface area contributed by atoms with E-state index >= 15 is 0 Å². The molecule has 0 bridgehead atoms. The number of fused-ring (bicyclic) bond motifs is 1. The van der Waals surface area contributed by atoms with E-state index in [-0.39, 0.29) is 19.7 Å². The highest BCUT2D eigenvalue weighted by Crippen LogP contribution is 2.30. The smallest absolute Gasteiger partial charge is 0.292 e. The van der Waals surface area contributed by atoms with Crippen LogP contribution in [0.3, 0.4) is 0 Å². The highest BCUT2D eigenvalue weighted by atomic mass is 16.5. The van der Waals surface area contributed by atoms with Gasteiger partial charge in [0.1, 0.15) is 0 Å². The van der Waals surface area contributed by atoms with Crippen molar-refractivity contribution in [1.82, 2.24) is 10.3 Å². The summed E-state index contributed by atoms with van der Waals surface area (Å²) in [7, 11) is 0. The lowest BCUT2D eigenvalue weighted by atomic mass is 10.0. The van der Waals surface area contributed by atoms with Crippen molar-refractivity contribution in [1.29, 1.82) is 0 Å². The number of aromatic amines is 1. The van der Waals surface area contributed by atoms with E-state index in [4.69, 9.17) is 15.0 Å². The number of Topliss-reactive ketones (excluding diaryl/α,β-unsaturated/α-hetero) is 1. The molecular formula is C22H23N5O4. The minimum atomic E-state index is -0.684. The number of azide groups is 1. The molecule has 1 aromatic heterocycles. The third-order valence-electron chi connectivity index (χ3n) is 4.50. The quantitative estimate of drug-likeness (QED) is 0.116. The van der Waals surface area contributed by atoms with Crippen LogP contribution in [-0.2, 0) is 14.3 Å². The molecule has 160 valence electrons. The Balaban J connectivity index is 1.56. The zero-order valence-corrected chi connectivity index (χ0v) is 16.9. The molecule has 9 heteroatoms. The van der Waals surface area contributed by atoms with E-state index in [2.05, 4.69) is 20.3 Å². The molecule has 0 fully saturated rings. The molecule has 2 aromatic carbocycles. The largest absolute Gasteiger partial charge is 0.379 e. The Morgan fingerprint density at radius 3 is 2.45 bits per heavy atom. The first-order valence-electron chi connectivity index (χ1n) is 9.87. The molecule has 0 aliphatic rings. The molecule has 1 amide bonds. The van der Waals surface area contributed by atoms with E-state index in [0.717, 1.165) is 11.1 Å². The number of aromatic nitrogens is 1. The Morgan fingerprint density at radius 1 is 0.968 bits per heavy atom. The van der Waals surface area contributed by atoms with Crippen LogP contribution in [0.5, 0.6) is 0 Å². The number of para-hydroxylation sites is 1. The van der Waals surface area contributed by atoms with Gasteiger partial charge in [-0.15, -0.1) is 0 Å². The Morgan fingerprint density at radius 2 is 1.68 bits per heavy atom. The molecule has 31 heavy (non-hydrogen) atoms. The summed E-state index contributed by atoms with van der Waals surface area (Å²) in [4.78, 5) is 31.4. The van der Waals surface area contributed by atoms with Crippen molar-refractivity contribution in [2.24, 2.45) is 5.11 Å². The molecule has 1 heterocycles. The van der Waals surface area contributed by atoms with E-state index in [1.54, 1.807) is 0 Å². The summed E-state index contributed by atoms with van der Waals surface area (Å²) in [6.45, 7) is 1.73. The number of nitrogens with one attached hydrogen (secondary N) is 2. The number of ether oxygens (including phenoxy) is 2. The number of hydrogen-bond donors (Lipinski definition) is 2. The molecule has 0 saturated carbocycles. The molecule has 0 aliphatic heterocycles. The molecule has 2 N–H and O–H groups in total. The van der Waals surface area contributed by atoms with Crippen LogP contribution in [0.15, 0.2) is 59.7 Å². The molecule has 0 aliphatic carbocycles. The van der Waals surface area contributed by atoms with Gasteiger partial charge >= 0.3 is 0 Å². The second-order valence-electron chi connectivity index (χ2n) is 6.55. The lowest BCUT2D eigenvalue weighted by Crippen LogP contribution is -2.34. The second-order valence-corrected chi connectivity index (χ2v) is 6.55. The topological polar surface area (TPSA) is 129 Å². The van der Waals surface area contributed by atoms with Gasteiger partial charge in [-0.1, -0.05) is 53.6 Å². The average Bonchev–Trinajstić information content (AvgIpc) is 3.20. The predicted octanol–water partition coefficient (Wildman–Crippen LogP) is 3.48. The summed E-state index contributed by atoms with van der Waals surface area (Å²) in [5, 5.41) is 6.67. The number of ketones is 1. The first-order chi connectivity index (χ1) is 15.2.